The highest BCUT2D eigenvalue weighted by molar-refractivity contribution is 9.10. The van der Waals surface area contributed by atoms with Gasteiger partial charge in [-0.25, -0.2) is 8.99 Å². The zero-order valence-electron chi connectivity index (χ0n) is 8.91. The van der Waals surface area contributed by atoms with Crippen LogP contribution in [0.15, 0.2) is 27.6 Å². The zero-order valence-corrected chi connectivity index (χ0v) is 11.3. The number of benzene rings is 1. The molecule has 1 aromatic rings. The Morgan fingerprint density at radius 3 is 2.53 bits per heavy atom. The van der Waals surface area contributed by atoms with Crippen LogP contribution in [-0.4, -0.2) is 16.6 Å². The Labute approximate surface area is 98.9 Å². The maximum atomic E-state index is 12.2. The maximum absolute atomic E-state index is 12.2. The van der Waals surface area contributed by atoms with Crippen molar-refractivity contribution in [2.24, 2.45) is 0 Å². The van der Waals surface area contributed by atoms with E-state index in [2.05, 4.69) is 15.9 Å². The molecule has 1 rings (SSSR count). The van der Waals surface area contributed by atoms with Crippen molar-refractivity contribution < 1.29 is 8.95 Å². The minimum absolute atomic E-state index is 0.235. The molecule has 0 aliphatic carbocycles. The van der Waals surface area contributed by atoms with Crippen molar-refractivity contribution in [2.75, 3.05) is 7.11 Å². The Kier molecular flexibility index (Phi) is 3.78. The predicted molar refractivity (Wildman–Crippen MR) is 65.0 cm³/mol. The Balaban J connectivity index is 3.42. The van der Waals surface area contributed by atoms with Crippen molar-refractivity contribution in [1.29, 1.82) is 4.78 Å². The molecule has 0 aromatic heterocycles. The van der Waals surface area contributed by atoms with Gasteiger partial charge in [0.15, 0.2) is 0 Å². The van der Waals surface area contributed by atoms with E-state index in [0.717, 1.165) is 4.47 Å². The van der Waals surface area contributed by atoms with Crippen molar-refractivity contribution in [3.8, 4) is 5.75 Å². The summed E-state index contributed by atoms with van der Waals surface area (Å²) in [6.45, 7) is 3.55. The van der Waals surface area contributed by atoms with Crippen LogP contribution in [0.1, 0.15) is 13.8 Å². The molecule has 3 nitrogen and oxygen atoms in total. The number of halogens is 1. The molecule has 0 heterocycles. The summed E-state index contributed by atoms with van der Waals surface area (Å²) >= 11 is 3.30. The van der Waals surface area contributed by atoms with Crippen LogP contribution in [0.3, 0.4) is 0 Å². The first-order valence-corrected chi connectivity index (χ1v) is 6.92. The molecule has 1 unspecified atom stereocenters. The van der Waals surface area contributed by atoms with E-state index in [0.29, 0.717) is 10.6 Å². The lowest BCUT2D eigenvalue weighted by Crippen LogP contribution is -2.13. The highest BCUT2D eigenvalue weighted by atomic mass is 79.9. The Bertz CT molecular complexity index is 454. The molecular formula is C10H14BrNO2S. The molecule has 0 fully saturated rings. The van der Waals surface area contributed by atoms with Gasteiger partial charge in [-0.1, -0.05) is 15.9 Å². The van der Waals surface area contributed by atoms with Gasteiger partial charge in [0.1, 0.15) is 5.75 Å². The summed E-state index contributed by atoms with van der Waals surface area (Å²) in [7, 11) is -1.28. The van der Waals surface area contributed by atoms with Crippen LogP contribution in [0.25, 0.3) is 0 Å². The quantitative estimate of drug-likeness (QED) is 0.929. The van der Waals surface area contributed by atoms with Gasteiger partial charge in [0, 0.05) is 9.72 Å². The lowest BCUT2D eigenvalue weighted by molar-refractivity contribution is 0.403. The zero-order chi connectivity index (χ0) is 11.6. The minimum atomic E-state index is -2.80. The van der Waals surface area contributed by atoms with Crippen molar-refractivity contribution in [1.82, 2.24) is 0 Å². The first-order chi connectivity index (χ1) is 6.89. The molecule has 0 saturated carbocycles. The summed E-state index contributed by atoms with van der Waals surface area (Å²) in [4.78, 5) is 0.453. The largest absolute Gasteiger partial charge is 0.495 e. The third kappa shape index (κ3) is 2.52. The first kappa shape index (κ1) is 12.5. The van der Waals surface area contributed by atoms with Crippen molar-refractivity contribution >= 4 is 25.7 Å². The minimum Gasteiger partial charge on any atom is -0.495 e. The molecule has 0 spiro atoms. The molecule has 1 atom stereocenters. The van der Waals surface area contributed by atoms with Gasteiger partial charge in [-0.3, -0.25) is 0 Å². The number of hydrogen-bond acceptors (Lipinski definition) is 3. The normalized spacial score (nSPS) is 15.0. The molecule has 84 valence electrons. The molecule has 0 amide bonds. The number of hydrogen-bond donors (Lipinski definition) is 1. The van der Waals surface area contributed by atoms with E-state index < -0.39 is 9.73 Å². The van der Waals surface area contributed by atoms with Gasteiger partial charge in [0.25, 0.3) is 0 Å². The summed E-state index contributed by atoms with van der Waals surface area (Å²) in [5.74, 6) is 0.506. The molecule has 0 aliphatic heterocycles. The highest BCUT2D eigenvalue weighted by Crippen LogP contribution is 2.30. The third-order valence-corrected chi connectivity index (χ3v) is 4.91. The van der Waals surface area contributed by atoms with Crippen molar-refractivity contribution in [2.45, 2.75) is 24.0 Å². The van der Waals surface area contributed by atoms with Gasteiger partial charge in [0.2, 0.25) is 0 Å². The second-order valence-electron chi connectivity index (χ2n) is 3.44. The molecule has 0 aliphatic rings. The van der Waals surface area contributed by atoms with E-state index >= 15 is 0 Å². The van der Waals surface area contributed by atoms with Crippen molar-refractivity contribution in [3.63, 3.8) is 0 Å². The SMILES string of the molecule is COc1ccc(Br)cc1S(=N)(=O)C(C)C. The van der Waals surface area contributed by atoms with E-state index in [9.17, 15) is 4.21 Å². The molecular weight excluding hydrogens is 278 g/mol. The fourth-order valence-electron chi connectivity index (χ4n) is 1.14. The lowest BCUT2D eigenvalue weighted by Gasteiger charge is -2.15. The van der Waals surface area contributed by atoms with E-state index in [1.165, 1.54) is 7.11 Å². The summed E-state index contributed by atoms with van der Waals surface area (Å²) in [5.41, 5.74) is 0. The Hall–Kier alpha value is -0.550. The van der Waals surface area contributed by atoms with Crippen LogP contribution in [0, 0.1) is 4.78 Å². The second kappa shape index (κ2) is 4.53. The smallest absolute Gasteiger partial charge is 0.135 e. The topological polar surface area (TPSA) is 50.1 Å². The van der Waals surface area contributed by atoms with Crippen LogP contribution in [-0.2, 0) is 9.73 Å². The van der Waals surface area contributed by atoms with Crippen LogP contribution in [0.5, 0.6) is 5.75 Å². The second-order valence-corrected chi connectivity index (χ2v) is 6.94. The lowest BCUT2D eigenvalue weighted by atomic mass is 10.3. The van der Waals surface area contributed by atoms with Crippen LogP contribution in [0.2, 0.25) is 0 Å². The standard InChI is InChI=1S/C10H14BrNO2S/c1-7(2)15(12,13)10-6-8(11)4-5-9(10)14-3/h4-7,12H,1-3H3. The summed E-state index contributed by atoms with van der Waals surface area (Å²) in [5, 5.41) is -0.235. The molecule has 0 bridgehead atoms. The van der Waals surface area contributed by atoms with Crippen molar-refractivity contribution in [3.05, 3.63) is 22.7 Å². The Morgan fingerprint density at radius 1 is 1.47 bits per heavy atom. The number of rotatable bonds is 3. The molecule has 5 heteroatoms. The predicted octanol–water partition coefficient (Wildman–Crippen LogP) is 3.27. The number of nitrogens with one attached hydrogen (secondary N) is 1. The highest BCUT2D eigenvalue weighted by Gasteiger charge is 2.19. The summed E-state index contributed by atoms with van der Waals surface area (Å²) in [6, 6.07) is 5.21. The molecule has 1 N–H and O–H groups in total. The average Bonchev–Trinajstić information content (AvgIpc) is 2.17. The molecule has 15 heavy (non-hydrogen) atoms. The summed E-state index contributed by atoms with van der Waals surface area (Å²) in [6.07, 6.45) is 0. The molecule has 0 saturated heterocycles. The summed E-state index contributed by atoms with van der Waals surface area (Å²) < 4.78 is 26.0. The number of ether oxygens (including phenoxy) is 1. The molecule has 1 aromatic carbocycles. The first-order valence-electron chi connectivity index (χ1n) is 4.50. The van der Waals surface area contributed by atoms with E-state index in [1.807, 2.05) is 0 Å². The van der Waals surface area contributed by atoms with Gasteiger partial charge in [-0.2, -0.15) is 0 Å². The monoisotopic (exact) mass is 291 g/mol. The van der Waals surface area contributed by atoms with E-state index in [-0.39, 0.29) is 5.25 Å². The number of methoxy groups -OCH3 is 1. The Morgan fingerprint density at radius 2 is 2.07 bits per heavy atom. The van der Waals surface area contributed by atoms with Gasteiger partial charge in [0.05, 0.1) is 21.7 Å². The van der Waals surface area contributed by atoms with Gasteiger partial charge in [-0.15, -0.1) is 0 Å². The average molecular weight is 292 g/mol. The fourth-order valence-corrected chi connectivity index (χ4v) is 2.91. The fraction of sp³-hybridized carbons (Fsp3) is 0.400. The van der Waals surface area contributed by atoms with E-state index in [1.54, 1.807) is 32.0 Å². The van der Waals surface area contributed by atoms with Crippen LogP contribution >= 0.6 is 15.9 Å². The van der Waals surface area contributed by atoms with Gasteiger partial charge < -0.3 is 4.74 Å². The van der Waals surface area contributed by atoms with Crippen LogP contribution < -0.4 is 4.74 Å². The van der Waals surface area contributed by atoms with Gasteiger partial charge >= 0.3 is 0 Å². The van der Waals surface area contributed by atoms with E-state index in [4.69, 9.17) is 9.52 Å². The van der Waals surface area contributed by atoms with Gasteiger partial charge in [-0.05, 0) is 32.0 Å². The third-order valence-electron chi connectivity index (χ3n) is 2.12. The maximum Gasteiger partial charge on any atom is 0.135 e. The van der Waals surface area contributed by atoms with Crippen LogP contribution in [0.4, 0.5) is 0 Å². The molecule has 0 radical (unpaired) electrons.